The molecule has 0 saturated carbocycles. The van der Waals surface area contributed by atoms with Crippen molar-refractivity contribution in [3.63, 3.8) is 0 Å². The van der Waals surface area contributed by atoms with Crippen LogP contribution in [-0.4, -0.2) is 33.6 Å². The van der Waals surface area contributed by atoms with Crippen LogP contribution < -0.4 is 5.32 Å². The highest BCUT2D eigenvalue weighted by Gasteiger charge is 2.57. The number of carbonyl (C=O) groups is 3. The molecule has 7 nitrogen and oxygen atoms in total. The van der Waals surface area contributed by atoms with Crippen LogP contribution in [0.5, 0.6) is 0 Å². The van der Waals surface area contributed by atoms with E-state index >= 15 is 0 Å². The van der Waals surface area contributed by atoms with Crippen LogP contribution in [0.4, 0.5) is 5.69 Å². The third-order valence-electron chi connectivity index (χ3n) is 4.82. The Balaban J connectivity index is 1.86. The molecule has 2 amide bonds. The van der Waals surface area contributed by atoms with Crippen molar-refractivity contribution in [1.29, 1.82) is 0 Å². The quantitative estimate of drug-likeness (QED) is 0.729. The fourth-order valence-corrected chi connectivity index (χ4v) is 4.09. The Morgan fingerprint density at radius 1 is 1.17 bits per heavy atom. The number of aliphatic carboxylic acids is 1. The topological polar surface area (TPSA) is 99.1 Å². The maximum atomic E-state index is 13.1. The molecule has 0 aliphatic carbocycles. The average molecular weight is 430 g/mol. The molecule has 4 rings (SSSR count). The van der Waals surface area contributed by atoms with E-state index in [1.54, 1.807) is 42.5 Å². The van der Waals surface area contributed by atoms with Crippen LogP contribution in [0, 0.1) is 0 Å². The lowest BCUT2D eigenvalue weighted by atomic mass is 9.85. The van der Waals surface area contributed by atoms with E-state index in [1.807, 2.05) is 0 Å². The van der Waals surface area contributed by atoms with Crippen molar-refractivity contribution in [3.05, 3.63) is 75.8 Å². The van der Waals surface area contributed by atoms with Crippen molar-refractivity contribution in [3.8, 4) is 0 Å². The molecule has 29 heavy (non-hydrogen) atoms. The number of carboxylic acids is 1. The molecular weight excluding hydrogens is 417 g/mol. The first kappa shape index (κ1) is 19.2. The Bertz CT molecular complexity index is 1130. The summed E-state index contributed by atoms with van der Waals surface area (Å²) in [7, 11) is 0. The molecule has 0 saturated heterocycles. The highest BCUT2D eigenvalue weighted by atomic mass is 35.5. The van der Waals surface area contributed by atoms with Crippen LogP contribution in [0.15, 0.2) is 59.7 Å². The molecule has 9 heteroatoms. The second-order valence-corrected chi connectivity index (χ2v) is 7.37. The van der Waals surface area contributed by atoms with Crippen molar-refractivity contribution in [1.82, 2.24) is 5.01 Å². The van der Waals surface area contributed by atoms with Crippen LogP contribution in [-0.2, 0) is 19.9 Å². The first-order valence-electron chi connectivity index (χ1n) is 8.52. The highest BCUT2D eigenvalue weighted by Crippen LogP contribution is 2.47. The smallest absolute Gasteiger partial charge is 0.328 e. The van der Waals surface area contributed by atoms with Crippen LogP contribution in [0.3, 0.4) is 0 Å². The van der Waals surface area contributed by atoms with Gasteiger partial charge in [-0.3, -0.25) is 9.59 Å². The minimum absolute atomic E-state index is 0.0733. The number of carbonyl (C=O) groups excluding carboxylic acids is 2. The van der Waals surface area contributed by atoms with E-state index in [2.05, 4.69) is 10.4 Å². The molecule has 0 unspecified atom stereocenters. The Labute approximate surface area is 175 Å². The monoisotopic (exact) mass is 429 g/mol. The molecule has 2 N–H and O–H groups in total. The first-order valence-corrected chi connectivity index (χ1v) is 9.27. The number of hydrogen-bond acceptors (Lipinski definition) is 4. The van der Waals surface area contributed by atoms with Gasteiger partial charge >= 0.3 is 5.97 Å². The number of halogens is 2. The van der Waals surface area contributed by atoms with E-state index in [1.165, 1.54) is 0 Å². The summed E-state index contributed by atoms with van der Waals surface area (Å²) in [5.41, 5.74) is 0.650. The Morgan fingerprint density at radius 2 is 1.93 bits per heavy atom. The molecule has 2 aliphatic heterocycles. The number of nitrogens with one attached hydrogen (secondary N) is 1. The highest BCUT2D eigenvalue weighted by molar-refractivity contribution is 6.37. The summed E-state index contributed by atoms with van der Waals surface area (Å²) in [6.45, 7) is 0. The lowest BCUT2D eigenvalue weighted by molar-refractivity contribution is -0.140. The van der Waals surface area contributed by atoms with Gasteiger partial charge < -0.3 is 10.4 Å². The summed E-state index contributed by atoms with van der Waals surface area (Å²) in [6, 6.07) is 11.8. The molecule has 146 valence electrons. The number of carboxylic acid groups (broad SMARTS) is 1. The summed E-state index contributed by atoms with van der Waals surface area (Å²) in [6.07, 6.45) is 1.65. The van der Waals surface area contributed by atoms with Crippen LogP contribution in [0.25, 0.3) is 0 Å². The third kappa shape index (κ3) is 3.08. The van der Waals surface area contributed by atoms with Crippen molar-refractivity contribution in [2.45, 2.75) is 12.0 Å². The number of hydrogen-bond donors (Lipinski definition) is 2. The van der Waals surface area contributed by atoms with E-state index in [4.69, 9.17) is 28.3 Å². The van der Waals surface area contributed by atoms with Gasteiger partial charge in [-0.1, -0.05) is 47.5 Å². The van der Waals surface area contributed by atoms with Crippen LogP contribution in [0.1, 0.15) is 17.5 Å². The predicted molar refractivity (Wildman–Crippen MR) is 108 cm³/mol. The first-order chi connectivity index (χ1) is 13.8. The largest absolute Gasteiger partial charge is 0.478 e. The molecule has 2 aliphatic rings. The molecular formula is C20H13Cl2N3O4. The molecule has 0 radical (unpaired) electrons. The van der Waals surface area contributed by atoms with E-state index < -0.39 is 23.3 Å². The summed E-state index contributed by atoms with van der Waals surface area (Å²) in [5.74, 6) is -2.45. The lowest BCUT2D eigenvalue weighted by Gasteiger charge is -2.29. The van der Waals surface area contributed by atoms with Gasteiger partial charge in [-0.2, -0.15) is 5.10 Å². The average Bonchev–Trinajstić information content (AvgIpc) is 3.20. The minimum atomic E-state index is -1.44. The second-order valence-electron chi connectivity index (χ2n) is 6.53. The molecule has 1 atom stereocenters. The van der Waals surface area contributed by atoms with Gasteiger partial charge in [0.25, 0.3) is 11.8 Å². The molecule has 0 fully saturated rings. The number of hydrazone groups is 1. The normalized spacial score (nSPS) is 20.1. The zero-order valence-electron chi connectivity index (χ0n) is 14.7. The fraction of sp³-hybridized carbons (Fsp3) is 0.100. The van der Waals surface area contributed by atoms with E-state index in [-0.39, 0.29) is 6.42 Å². The summed E-state index contributed by atoms with van der Waals surface area (Å²) < 4.78 is 0. The number of amides is 2. The number of para-hydroxylation sites is 1. The van der Waals surface area contributed by atoms with Gasteiger partial charge in [-0.15, -0.1) is 0 Å². The van der Waals surface area contributed by atoms with E-state index in [0.29, 0.717) is 38.6 Å². The zero-order valence-corrected chi connectivity index (χ0v) is 16.2. The summed E-state index contributed by atoms with van der Waals surface area (Å²) in [5, 5.41) is 17.8. The third-order valence-corrected chi connectivity index (χ3v) is 5.37. The van der Waals surface area contributed by atoms with Gasteiger partial charge in [0.15, 0.2) is 5.54 Å². The predicted octanol–water partition coefficient (Wildman–Crippen LogP) is 3.42. The number of fused-ring (bicyclic) bond motifs is 2. The van der Waals surface area contributed by atoms with Gasteiger partial charge in [-0.05, 0) is 18.2 Å². The standard InChI is InChI=1S/C20H13Cl2N3O4/c21-11-5-6-12(14(22)9-11)16-10-20(25(24-16)17(26)7-8-18(27)28)13-3-1-2-4-15(13)23-19(20)29/h1-9H,10H2,(H,23,29)(H,27,28)/b8-7+/t20-/m1/s1. The van der Waals surface area contributed by atoms with Gasteiger partial charge in [0.2, 0.25) is 0 Å². The summed E-state index contributed by atoms with van der Waals surface area (Å²) in [4.78, 5) is 36.7. The SMILES string of the molecule is O=C(O)/C=C/C(=O)N1N=C(c2ccc(Cl)cc2Cl)C[C@@]12C(=O)Nc1ccccc12. The van der Waals surface area contributed by atoms with Crippen LogP contribution >= 0.6 is 23.2 Å². The number of rotatable bonds is 3. The fourth-order valence-electron chi connectivity index (χ4n) is 3.57. The van der Waals surface area contributed by atoms with Crippen LogP contribution in [0.2, 0.25) is 10.0 Å². The lowest BCUT2D eigenvalue weighted by Crippen LogP contribution is -2.48. The maximum absolute atomic E-state index is 13.1. The minimum Gasteiger partial charge on any atom is -0.478 e. The van der Waals surface area contributed by atoms with Crippen molar-refractivity contribution >= 4 is 52.4 Å². The summed E-state index contributed by atoms with van der Waals surface area (Å²) >= 11 is 12.3. The molecule has 0 aromatic heterocycles. The number of nitrogens with zero attached hydrogens (tertiary/aromatic N) is 2. The van der Waals surface area contributed by atoms with Crippen molar-refractivity contribution in [2.75, 3.05) is 5.32 Å². The second kappa shape index (κ2) is 7.02. The number of benzene rings is 2. The Kier molecular flexibility index (Phi) is 4.64. The molecule has 2 aromatic rings. The van der Waals surface area contributed by atoms with Crippen molar-refractivity contribution in [2.24, 2.45) is 5.10 Å². The van der Waals surface area contributed by atoms with Gasteiger partial charge in [0, 0.05) is 40.4 Å². The zero-order chi connectivity index (χ0) is 20.8. The maximum Gasteiger partial charge on any atom is 0.328 e. The Hall–Kier alpha value is -3.16. The molecule has 1 spiro atoms. The van der Waals surface area contributed by atoms with Gasteiger partial charge in [0.1, 0.15) is 0 Å². The van der Waals surface area contributed by atoms with E-state index in [9.17, 15) is 14.4 Å². The molecule has 0 bridgehead atoms. The van der Waals surface area contributed by atoms with Crippen molar-refractivity contribution < 1.29 is 19.5 Å². The molecule has 2 aromatic carbocycles. The number of anilines is 1. The van der Waals surface area contributed by atoms with Gasteiger partial charge in [0.05, 0.1) is 10.7 Å². The molecule has 2 heterocycles. The van der Waals surface area contributed by atoms with E-state index in [0.717, 1.165) is 11.1 Å². The Morgan fingerprint density at radius 3 is 2.66 bits per heavy atom. The van der Waals surface area contributed by atoms with Gasteiger partial charge in [-0.25, -0.2) is 9.80 Å².